The van der Waals surface area contributed by atoms with Gasteiger partial charge in [0.25, 0.3) is 0 Å². The molecule has 0 saturated carbocycles. The lowest BCUT2D eigenvalue weighted by atomic mass is 9.95. The lowest BCUT2D eigenvalue weighted by molar-refractivity contribution is 0.0715. The van der Waals surface area contributed by atoms with Gasteiger partial charge in [0.1, 0.15) is 5.82 Å². The molecule has 4 heteroatoms. The van der Waals surface area contributed by atoms with Crippen molar-refractivity contribution in [3.05, 3.63) is 17.2 Å². The zero-order valence-electron chi connectivity index (χ0n) is 12.9. The maximum absolute atomic E-state index is 5.71. The largest absolute Gasteiger partial charge is 0.377 e. The molecule has 1 aliphatic heterocycles. The molecule has 19 heavy (non-hydrogen) atoms. The van der Waals surface area contributed by atoms with Crippen LogP contribution in [-0.4, -0.2) is 28.8 Å². The van der Waals surface area contributed by atoms with Gasteiger partial charge in [-0.25, -0.2) is 4.98 Å². The number of nitrogens with one attached hydrogen (secondary N) is 1. The third-order valence-electron chi connectivity index (χ3n) is 3.42. The minimum absolute atomic E-state index is 0.0785. The Hall–Kier alpha value is -0.870. The van der Waals surface area contributed by atoms with Crippen molar-refractivity contribution in [2.24, 2.45) is 0 Å². The number of rotatable bonds is 4. The van der Waals surface area contributed by atoms with Gasteiger partial charge in [-0.1, -0.05) is 20.8 Å². The fourth-order valence-corrected chi connectivity index (χ4v) is 2.56. The van der Waals surface area contributed by atoms with Crippen molar-refractivity contribution in [3.63, 3.8) is 0 Å². The molecule has 0 aromatic carbocycles. The van der Waals surface area contributed by atoms with E-state index in [0.717, 1.165) is 32.7 Å². The molecule has 0 bridgehead atoms. The number of aromatic nitrogens is 2. The molecule has 1 aromatic rings. The molecular formula is C15H27N3O. The Morgan fingerprint density at radius 3 is 2.74 bits per heavy atom. The van der Waals surface area contributed by atoms with Crippen molar-refractivity contribution in [2.75, 3.05) is 13.2 Å². The van der Waals surface area contributed by atoms with E-state index in [9.17, 15) is 0 Å². The first-order chi connectivity index (χ1) is 8.89. The third-order valence-corrected chi connectivity index (χ3v) is 3.42. The van der Waals surface area contributed by atoms with Crippen molar-refractivity contribution in [3.8, 4) is 0 Å². The second-order valence-corrected chi connectivity index (χ2v) is 6.58. The first-order valence-electron chi connectivity index (χ1n) is 7.30. The monoisotopic (exact) mass is 265 g/mol. The summed E-state index contributed by atoms with van der Waals surface area (Å²) >= 11 is 0. The maximum atomic E-state index is 5.71. The summed E-state index contributed by atoms with van der Waals surface area (Å²) in [5, 5.41) is 3.40. The SMILES string of the molecule is CC(C)OCCn1c(C(C)(C)C)nc2c1CCNC2. The Labute approximate surface area is 116 Å². The van der Waals surface area contributed by atoms with Crippen LogP contribution in [0.2, 0.25) is 0 Å². The lowest BCUT2D eigenvalue weighted by Crippen LogP contribution is -2.26. The molecule has 0 unspecified atom stereocenters. The van der Waals surface area contributed by atoms with Crippen molar-refractivity contribution >= 4 is 0 Å². The highest BCUT2D eigenvalue weighted by atomic mass is 16.5. The van der Waals surface area contributed by atoms with E-state index < -0.39 is 0 Å². The molecule has 0 amide bonds. The molecule has 0 aliphatic carbocycles. The van der Waals surface area contributed by atoms with E-state index >= 15 is 0 Å². The number of hydrogen-bond donors (Lipinski definition) is 1. The average molecular weight is 265 g/mol. The van der Waals surface area contributed by atoms with Crippen LogP contribution in [0.15, 0.2) is 0 Å². The van der Waals surface area contributed by atoms with E-state index in [1.807, 2.05) is 0 Å². The third kappa shape index (κ3) is 3.37. The van der Waals surface area contributed by atoms with Crippen LogP contribution in [0, 0.1) is 0 Å². The average Bonchev–Trinajstić information content (AvgIpc) is 2.68. The number of ether oxygens (including phenoxy) is 1. The Morgan fingerprint density at radius 2 is 2.11 bits per heavy atom. The van der Waals surface area contributed by atoms with Crippen LogP contribution < -0.4 is 5.32 Å². The smallest absolute Gasteiger partial charge is 0.114 e. The lowest BCUT2D eigenvalue weighted by Gasteiger charge is -2.22. The summed E-state index contributed by atoms with van der Waals surface area (Å²) in [6.07, 6.45) is 1.36. The molecule has 0 radical (unpaired) electrons. The number of imidazole rings is 1. The fraction of sp³-hybridized carbons (Fsp3) is 0.800. The van der Waals surface area contributed by atoms with E-state index in [-0.39, 0.29) is 5.41 Å². The second-order valence-electron chi connectivity index (χ2n) is 6.58. The quantitative estimate of drug-likeness (QED) is 0.907. The zero-order chi connectivity index (χ0) is 14.0. The van der Waals surface area contributed by atoms with Crippen LogP contribution in [0.5, 0.6) is 0 Å². The minimum Gasteiger partial charge on any atom is -0.377 e. The zero-order valence-corrected chi connectivity index (χ0v) is 12.9. The van der Waals surface area contributed by atoms with Gasteiger partial charge >= 0.3 is 0 Å². The van der Waals surface area contributed by atoms with Gasteiger partial charge in [0.15, 0.2) is 0 Å². The maximum Gasteiger partial charge on any atom is 0.114 e. The van der Waals surface area contributed by atoms with Gasteiger partial charge in [0.05, 0.1) is 18.4 Å². The van der Waals surface area contributed by atoms with Crippen LogP contribution in [-0.2, 0) is 29.7 Å². The van der Waals surface area contributed by atoms with E-state index in [2.05, 4.69) is 44.5 Å². The molecule has 0 saturated heterocycles. The summed E-state index contributed by atoms with van der Waals surface area (Å²) in [5.41, 5.74) is 2.70. The van der Waals surface area contributed by atoms with Gasteiger partial charge in [0, 0.05) is 37.2 Å². The van der Waals surface area contributed by atoms with Crippen molar-refractivity contribution in [1.82, 2.24) is 14.9 Å². The Balaban J connectivity index is 2.25. The molecule has 1 aliphatic rings. The van der Waals surface area contributed by atoms with Gasteiger partial charge < -0.3 is 14.6 Å². The van der Waals surface area contributed by atoms with Crippen molar-refractivity contribution in [2.45, 2.75) is 65.6 Å². The molecule has 108 valence electrons. The van der Waals surface area contributed by atoms with E-state index in [0.29, 0.717) is 6.10 Å². The molecule has 1 N–H and O–H groups in total. The minimum atomic E-state index is 0.0785. The van der Waals surface area contributed by atoms with Gasteiger partial charge in [-0.2, -0.15) is 0 Å². The molecule has 0 atom stereocenters. The summed E-state index contributed by atoms with van der Waals surface area (Å²) in [6, 6.07) is 0. The van der Waals surface area contributed by atoms with Crippen LogP contribution in [0.4, 0.5) is 0 Å². The molecule has 4 nitrogen and oxygen atoms in total. The molecule has 1 aromatic heterocycles. The molecule has 2 rings (SSSR count). The Morgan fingerprint density at radius 1 is 1.37 bits per heavy atom. The predicted molar refractivity (Wildman–Crippen MR) is 77.4 cm³/mol. The molecule has 0 fully saturated rings. The fourth-order valence-electron chi connectivity index (χ4n) is 2.56. The Kier molecular flexibility index (Phi) is 4.31. The van der Waals surface area contributed by atoms with Gasteiger partial charge in [-0.15, -0.1) is 0 Å². The van der Waals surface area contributed by atoms with Gasteiger partial charge in [0.2, 0.25) is 0 Å². The van der Waals surface area contributed by atoms with Crippen LogP contribution in [0.25, 0.3) is 0 Å². The van der Waals surface area contributed by atoms with Gasteiger partial charge in [-0.05, 0) is 13.8 Å². The molecule has 0 spiro atoms. The predicted octanol–water partition coefficient (Wildman–Crippen LogP) is 2.25. The van der Waals surface area contributed by atoms with E-state index in [4.69, 9.17) is 9.72 Å². The summed E-state index contributed by atoms with van der Waals surface area (Å²) in [4.78, 5) is 4.86. The topological polar surface area (TPSA) is 39.1 Å². The van der Waals surface area contributed by atoms with Crippen LogP contribution >= 0.6 is 0 Å². The normalized spacial score (nSPS) is 15.9. The highest BCUT2D eigenvalue weighted by Crippen LogP contribution is 2.26. The van der Waals surface area contributed by atoms with Gasteiger partial charge in [-0.3, -0.25) is 0 Å². The van der Waals surface area contributed by atoms with E-state index in [1.54, 1.807) is 0 Å². The second kappa shape index (κ2) is 5.63. The summed E-state index contributed by atoms with van der Waals surface area (Å²) in [7, 11) is 0. The highest BCUT2D eigenvalue weighted by molar-refractivity contribution is 5.23. The number of fused-ring (bicyclic) bond motifs is 1. The number of hydrogen-bond acceptors (Lipinski definition) is 3. The Bertz CT molecular complexity index is 429. The van der Waals surface area contributed by atoms with Crippen molar-refractivity contribution < 1.29 is 4.74 Å². The standard InChI is InChI=1S/C15H27N3O/c1-11(2)19-9-8-18-13-6-7-16-10-12(13)17-14(18)15(3,4)5/h11,16H,6-10H2,1-5H3. The first kappa shape index (κ1) is 14.5. The summed E-state index contributed by atoms with van der Waals surface area (Å²) < 4.78 is 8.10. The van der Waals surface area contributed by atoms with Crippen molar-refractivity contribution in [1.29, 1.82) is 0 Å². The van der Waals surface area contributed by atoms with Crippen LogP contribution in [0.1, 0.15) is 51.8 Å². The number of nitrogens with zero attached hydrogens (tertiary/aromatic N) is 2. The summed E-state index contributed by atoms with van der Waals surface area (Å²) in [5.74, 6) is 1.19. The first-order valence-corrected chi connectivity index (χ1v) is 7.30. The molecular weight excluding hydrogens is 238 g/mol. The van der Waals surface area contributed by atoms with Crippen LogP contribution in [0.3, 0.4) is 0 Å². The molecule has 2 heterocycles. The highest BCUT2D eigenvalue weighted by Gasteiger charge is 2.26. The summed E-state index contributed by atoms with van der Waals surface area (Å²) in [6.45, 7) is 14.5. The van der Waals surface area contributed by atoms with E-state index in [1.165, 1.54) is 17.2 Å².